The third-order valence-corrected chi connectivity index (χ3v) is 7.72. The number of para-hydroxylation sites is 1. The number of thioether (sulfide) groups is 1. The summed E-state index contributed by atoms with van der Waals surface area (Å²) in [7, 11) is -3.69. The Bertz CT molecular complexity index is 1010. The first-order valence-corrected chi connectivity index (χ1v) is 10.0. The molecule has 5 nitrogen and oxygen atoms in total. The van der Waals surface area contributed by atoms with Crippen molar-refractivity contribution in [1.29, 1.82) is 0 Å². The van der Waals surface area contributed by atoms with Crippen LogP contribution in [0.1, 0.15) is 13.8 Å². The lowest BCUT2D eigenvalue weighted by Crippen LogP contribution is -2.45. The quantitative estimate of drug-likeness (QED) is 0.759. The smallest absolute Gasteiger partial charge is 0.266 e. The van der Waals surface area contributed by atoms with Crippen LogP contribution in [0.15, 0.2) is 58.6 Å². The summed E-state index contributed by atoms with van der Waals surface area (Å²) in [6, 6.07) is 11.1. The summed E-state index contributed by atoms with van der Waals surface area (Å²) >= 11 is 1.71. The molecule has 1 N–H and O–H groups in total. The fourth-order valence-corrected chi connectivity index (χ4v) is 6.25. The van der Waals surface area contributed by atoms with Gasteiger partial charge >= 0.3 is 0 Å². The molecular weight excluding hydrogens is 342 g/mol. The fourth-order valence-electron chi connectivity index (χ4n) is 3.05. The monoisotopic (exact) mass is 359 g/mol. The van der Waals surface area contributed by atoms with Crippen LogP contribution in [0.4, 0.5) is 5.69 Å². The predicted octanol–water partition coefficient (Wildman–Crippen LogP) is 3.64. The molecule has 0 saturated carbocycles. The van der Waals surface area contributed by atoms with Gasteiger partial charge in [-0.15, -0.1) is 11.8 Å². The maximum atomic E-state index is 13.4. The molecule has 0 saturated heterocycles. The third-order valence-electron chi connectivity index (χ3n) is 4.41. The number of pyridine rings is 1. The van der Waals surface area contributed by atoms with E-state index in [0.29, 0.717) is 11.0 Å². The maximum Gasteiger partial charge on any atom is 0.266 e. The van der Waals surface area contributed by atoms with Gasteiger partial charge in [-0.2, -0.15) is 0 Å². The number of H-pyrrole nitrogens is 1. The van der Waals surface area contributed by atoms with Crippen molar-refractivity contribution >= 4 is 38.5 Å². The number of sulfonamides is 1. The van der Waals surface area contributed by atoms with Crippen LogP contribution < -0.4 is 4.31 Å². The van der Waals surface area contributed by atoms with Gasteiger partial charge in [-0.1, -0.05) is 19.1 Å². The molecule has 1 aromatic carbocycles. The normalized spacial score (nSPS) is 21.0. The first-order valence-electron chi connectivity index (χ1n) is 7.72. The maximum absolute atomic E-state index is 13.4. The van der Waals surface area contributed by atoms with E-state index >= 15 is 0 Å². The van der Waals surface area contributed by atoms with Crippen LogP contribution in [-0.4, -0.2) is 29.7 Å². The molecule has 7 heteroatoms. The minimum atomic E-state index is -3.69. The van der Waals surface area contributed by atoms with E-state index in [4.69, 9.17) is 0 Å². The molecule has 4 rings (SSSR count). The van der Waals surface area contributed by atoms with Crippen molar-refractivity contribution in [3.8, 4) is 0 Å². The molecule has 24 heavy (non-hydrogen) atoms. The van der Waals surface area contributed by atoms with Crippen molar-refractivity contribution in [1.82, 2.24) is 9.97 Å². The number of fused-ring (bicyclic) bond motifs is 2. The Balaban J connectivity index is 1.93. The highest BCUT2D eigenvalue weighted by molar-refractivity contribution is 8.00. The first-order chi connectivity index (χ1) is 11.5. The van der Waals surface area contributed by atoms with Crippen molar-refractivity contribution in [3.63, 3.8) is 0 Å². The number of aromatic amines is 1. The number of aromatic nitrogens is 2. The van der Waals surface area contributed by atoms with Gasteiger partial charge in [0.15, 0.2) is 0 Å². The topological polar surface area (TPSA) is 66.1 Å². The van der Waals surface area contributed by atoms with E-state index in [1.165, 1.54) is 6.20 Å². The van der Waals surface area contributed by atoms with Crippen LogP contribution in [0, 0.1) is 0 Å². The van der Waals surface area contributed by atoms with E-state index in [-0.39, 0.29) is 16.2 Å². The van der Waals surface area contributed by atoms with Gasteiger partial charge in [0.1, 0.15) is 10.5 Å². The Morgan fingerprint density at radius 3 is 2.79 bits per heavy atom. The molecule has 3 heterocycles. The summed E-state index contributed by atoms with van der Waals surface area (Å²) in [6.45, 7) is 4.02. The number of anilines is 1. The second-order valence-electron chi connectivity index (χ2n) is 5.88. The lowest BCUT2D eigenvalue weighted by Gasteiger charge is -2.39. The SMILES string of the molecule is C[C@@H]1Sc2ccccc2N(S(=O)(=O)c2c[nH]c3ncccc23)[C@H]1C. The Morgan fingerprint density at radius 1 is 1.17 bits per heavy atom. The number of hydrogen-bond donors (Lipinski definition) is 1. The molecule has 0 aliphatic carbocycles. The molecule has 2 aromatic heterocycles. The van der Waals surface area contributed by atoms with Gasteiger partial charge in [-0.3, -0.25) is 4.31 Å². The van der Waals surface area contributed by atoms with E-state index in [1.54, 1.807) is 34.4 Å². The van der Waals surface area contributed by atoms with Gasteiger partial charge < -0.3 is 4.98 Å². The zero-order valence-electron chi connectivity index (χ0n) is 13.3. The average molecular weight is 359 g/mol. The number of nitrogens with one attached hydrogen (secondary N) is 1. The number of hydrogen-bond acceptors (Lipinski definition) is 4. The van der Waals surface area contributed by atoms with E-state index in [9.17, 15) is 8.42 Å². The summed E-state index contributed by atoms with van der Waals surface area (Å²) < 4.78 is 28.5. The largest absolute Gasteiger partial charge is 0.345 e. The summed E-state index contributed by atoms with van der Waals surface area (Å²) in [6.07, 6.45) is 3.18. The Labute approximate surface area is 145 Å². The average Bonchev–Trinajstić information content (AvgIpc) is 3.00. The van der Waals surface area contributed by atoms with Crippen molar-refractivity contribution in [2.24, 2.45) is 0 Å². The Hall–Kier alpha value is -1.99. The highest BCUT2D eigenvalue weighted by Gasteiger charge is 2.38. The van der Waals surface area contributed by atoms with Crippen LogP contribution >= 0.6 is 11.8 Å². The molecular formula is C17H17N3O2S2. The van der Waals surface area contributed by atoms with E-state index in [2.05, 4.69) is 16.9 Å². The van der Waals surface area contributed by atoms with Gasteiger partial charge in [0, 0.05) is 27.9 Å². The molecule has 0 radical (unpaired) electrons. The molecule has 0 bridgehead atoms. The molecule has 1 aliphatic heterocycles. The van der Waals surface area contributed by atoms with E-state index < -0.39 is 10.0 Å². The van der Waals surface area contributed by atoms with Gasteiger partial charge in [0.05, 0.1) is 11.7 Å². The molecule has 0 unspecified atom stereocenters. The van der Waals surface area contributed by atoms with Crippen molar-refractivity contribution in [2.45, 2.75) is 34.9 Å². The highest BCUT2D eigenvalue weighted by atomic mass is 32.2. The van der Waals surface area contributed by atoms with Gasteiger partial charge in [0.2, 0.25) is 0 Å². The zero-order valence-corrected chi connectivity index (χ0v) is 14.9. The second-order valence-corrected chi connectivity index (χ2v) is 9.09. The van der Waals surface area contributed by atoms with Gasteiger partial charge in [-0.25, -0.2) is 13.4 Å². The minimum absolute atomic E-state index is 0.142. The molecule has 2 atom stereocenters. The van der Waals surface area contributed by atoms with Gasteiger partial charge in [-0.05, 0) is 31.2 Å². The Morgan fingerprint density at radius 2 is 1.96 bits per heavy atom. The predicted molar refractivity (Wildman–Crippen MR) is 97.0 cm³/mol. The fraction of sp³-hybridized carbons (Fsp3) is 0.235. The van der Waals surface area contributed by atoms with Crippen LogP contribution in [0.25, 0.3) is 11.0 Å². The molecule has 0 amide bonds. The summed E-state index contributed by atoms with van der Waals surface area (Å²) in [4.78, 5) is 8.42. The molecule has 1 aliphatic rings. The Kier molecular flexibility index (Phi) is 3.58. The summed E-state index contributed by atoms with van der Waals surface area (Å²) in [5, 5.41) is 0.783. The standard InChI is InChI=1S/C17H17N3O2S2/c1-11-12(2)23-15-8-4-3-7-14(15)20(11)24(21,22)16-10-19-17-13(16)6-5-9-18-17/h3-12H,1-2H3,(H,18,19)/t11-,12-/m0/s1. The zero-order chi connectivity index (χ0) is 16.9. The second kappa shape index (κ2) is 5.53. The van der Waals surface area contributed by atoms with Gasteiger partial charge in [0.25, 0.3) is 10.0 Å². The van der Waals surface area contributed by atoms with Crippen molar-refractivity contribution in [3.05, 3.63) is 48.8 Å². The van der Waals surface area contributed by atoms with Crippen molar-refractivity contribution < 1.29 is 8.42 Å². The number of benzene rings is 1. The first kappa shape index (κ1) is 15.5. The lowest BCUT2D eigenvalue weighted by atomic mass is 10.2. The number of nitrogens with zero attached hydrogens (tertiary/aromatic N) is 2. The minimum Gasteiger partial charge on any atom is -0.345 e. The molecule has 3 aromatic rings. The molecule has 0 fully saturated rings. The summed E-state index contributed by atoms with van der Waals surface area (Å²) in [5.41, 5.74) is 1.32. The van der Waals surface area contributed by atoms with E-state index in [0.717, 1.165) is 10.6 Å². The lowest BCUT2D eigenvalue weighted by molar-refractivity contribution is 0.577. The summed E-state index contributed by atoms with van der Waals surface area (Å²) in [5.74, 6) is 0. The third kappa shape index (κ3) is 2.22. The van der Waals surface area contributed by atoms with Crippen LogP contribution in [0.2, 0.25) is 0 Å². The van der Waals surface area contributed by atoms with Crippen molar-refractivity contribution in [2.75, 3.05) is 4.31 Å². The molecule has 0 spiro atoms. The highest BCUT2D eigenvalue weighted by Crippen LogP contribution is 2.44. The number of rotatable bonds is 2. The van der Waals surface area contributed by atoms with Crippen LogP contribution in [0.3, 0.4) is 0 Å². The molecule has 124 valence electrons. The van der Waals surface area contributed by atoms with Crippen LogP contribution in [0.5, 0.6) is 0 Å². The van der Waals surface area contributed by atoms with E-state index in [1.807, 2.05) is 31.2 Å². The van der Waals surface area contributed by atoms with Crippen LogP contribution in [-0.2, 0) is 10.0 Å².